The molecule has 0 bridgehead atoms. The first-order chi connectivity index (χ1) is 13.1. The summed E-state index contributed by atoms with van der Waals surface area (Å²) in [7, 11) is 0. The molecule has 0 saturated heterocycles. The van der Waals surface area contributed by atoms with Gasteiger partial charge in [0.05, 0.1) is 24.8 Å². The Hall–Kier alpha value is -3.34. The van der Waals surface area contributed by atoms with E-state index in [9.17, 15) is 4.79 Å². The van der Waals surface area contributed by atoms with E-state index in [1.54, 1.807) is 0 Å². The number of aromatic nitrogens is 2. The van der Waals surface area contributed by atoms with E-state index in [0.29, 0.717) is 18.7 Å². The van der Waals surface area contributed by atoms with Crippen LogP contribution in [0.15, 0.2) is 65.2 Å². The Bertz CT molecular complexity index is 1090. The van der Waals surface area contributed by atoms with Crippen molar-refractivity contribution < 1.29 is 9.21 Å². The molecule has 0 atom stereocenters. The van der Waals surface area contributed by atoms with Crippen molar-refractivity contribution in [2.24, 2.45) is 0 Å². The van der Waals surface area contributed by atoms with Gasteiger partial charge in [0, 0.05) is 10.9 Å². The Morgan fingerprint density at radius 1 is 1.07 bits per heavy atom. The summed E-state index contributed by atoms with van der Waals surface area (Å²) >= 11 is 0. The van der Waals surface area contributed by atoms with Crippen LogP contribution in [0.5, 0.6) is 0 Å². The standard InChI is InChI=1S/C22H21N3O2/c1-15-3-6-17(7-4-15)14-25-21-11-18(8-9-19(21)12-24-25)22(26)23-13-20-10-5-16(2)27-20/h3-12H,13-14H2,1-2H3,(H,23,26). The number of carbonyl (C=O) groups excluding carboxylic acids is 1. The van der Waals surface area contributed by atoms with Gasteiger partial charge in [-0.25, -0.2) is 0 Å². The third-order valence-electron chi connectivity index (χ3n) is 4.58. The molecule has 5 heteroatoms. The van der Waals surface area contributed by atoms with Crippen LogP contribution in [0.1, 0.15) is 33.0 Å². The van der Waals surface area contributed by atoms with Crippen molar-refractivity contribution in [3.8, 4) is 0 Å². The van der Waals surface area contributed by atoms with Crippen molar-refractivity contribution >= 4 is 16.8 Å². The lowest BCUT2D eigenvalue weighted by molar-refractivity contribution is 0.0948. The van der Waals surface area contributed by atoms with Gasteiger partial charge < -0.3 is 9.73 Å². The number of nitrogens with one attached hydrogen (secondary N) is 1. The van der Waals surface area contributed by atoms with E-state index < -0.39 is 0 Å². The predicted molar refractivity (Wildman–Crippen MR) is 105 cm³/mol. The second-order valence-electron chi connectivity index (χ2n) is 6.76. The summed E-state index contributed by atoms with van der Waals surface area (Å²) in [5, 5.41) is 8.39. The fourth-order valence-electron chi connectivity index (χ4n) is 3.05. The molecule has 2 aromatic carbocycles. The number of hydrogen-bond acceptors (Lipinski definition) is 3. The van der Waals surface area contributed by atoms with Crippen LogP contribution < -0.4 is 5.32 Å². The molecule has 0 radical (unpaired) electrons. The highest BCUT2D eigenvalue weighted by Crippen LogP contribution is 2.18. The van der Waals surface area contributed by atoms with E-state index in [1.165, 1.54) is 11.1 Å². The quantitative estimate of drug-likeness (QED) is 0.580. The lowest BCUT2D eigenvalue weighted by Crippen LogP contribution is -2.22. The van der Waals surface area contributed by atoms with Crippen molar-refractivity contribution in [1.82, 2.24) is 15.1 Å². The van der Waals surface area contributed by atoms with Crippen LogP contribution in [0.2, 0.25) is 0 Å². The minimum atomic E-state index is -0.131. The average molecular weight is 359 g/mol. The summed E-state index contributed by atoms with van der Waals surface area (Å²) in [5.74, 6) is 1.45. The Morgan fingerprint density at radius 2 is 1.89 bits per heavy atom. The SMILES string of the molecule is Cc1ccc(Cn2ncc3ccc(C(=O)NCc4ccc(C)o4)cc32)cc1. The Labute approximate surface area is 157 Å². The molecule has 4 aromatic rings. The van der Waals surface area contributed by atoms with E-state index in [1.807, 2.05) is 48.1 Å². The van der Waals surface area contributed by atoms with Crippen molar-refractivity contribution in [3.05, 3.63) is 89.0 Å². The second kappa shape index (κ2) is 7.11. The number of carbonyl (C=O) groups is 1. The summed E-state index contributed by atoms with van der Waals surface area (Å²) in [4.78, 5) is 12.5. The second-order valence-corrected chi connectivity index (χ2v) is 6.76. The zero-order chi connectivity index (χ0) is 18.8. The molecule has 136 valence electrons. The zero-order valence-corrected chi connectivity index (χ0v) is 15.4. The molecule has 0 spiro atoms. The fraction of sp³-hybridized carbons (Fsp3) is 0.182. The van der Waals surface area contributed by atoms with Crippen LogP contribution >= 0.6 is 0 Å². The molecule has 0 saturated carbocycles. The van der Waals surface area contributed by atoms with Crippen LogP contribution in [0, 0.1) is 13.8 Å². The highest BCUT2D eigenvalue weighted by molar-refractivity contribution is 5.97. The predicted octanol–water partition coefficient (Wildman–Crippen LogP) is 4.22. The molecule has 5 nitrogen and oxygen atoms in total. The lowest BCUT2D eigenvalue weighted by atomic mass is 10.1. The molecule has 0 aliphatic heterocycles. The first kappa shape index (κ1) is 17.1. The molecule has 2 heterocycles. The minimum Gasteiger partial charge on any atom is -0.465 e. The molecule has 1 N–H and O–H groups in total. The monoisotopic (exact) mass is 359 g/mol. The average Bonchev–Trinajstić information content (AvgIpc) is 3.27. The van der Waals surface area contributed by atoms with Crippen molar-refractivity contribution in [3.63, 3.8) is 0 Å². The fourth-order valence-corrected chi connectivity index (χ4v) is 3.05. The van der Waals surface area contributed by atoms with Crippen LogP contribution in [0.4, 0.5) is 0 Å². The molecule has 2 aromatic heterocycles. The van der Waals surface area contributed by atoms with Crippen molar-refractivity contribution in [1.29, 1.82) is 0 Å². The Morgan fingerprint density at radius 3 is 2.63 bits per heavy atom. The Kier molecular flexibility index (Phi) is 4.50. The minimum absolute atomic E-state index is 0.131. The van der Waals surface area contributed by atoms with Crippen LogP contribution in [0.3, 0.4) is 0 Å². The number of furan rings is 1. The van der Waals surface area contributed by atoms with E-state index in [0.717, 1.165) is 22.4 Å². The van der Waals surface area contributed by atoms with E-state index in [2.05, 4.69) is 41.6 Å². The normalized spacial score (nSPS) is 11.0. The number of aryl methyl sites for hydroxylation is 2. The van der Waals surface area contributed by atoms with Gasteiger partial charge in [0.2, 0.25) is 0 Å². The van der Waals surface area contributed by atoms with E-state index in [4.69, 9.17) is 4.42 Å². The number of fused-ring (bicyclic) bond motifs is 1. The molecular weight excluding hydrogens is 338 g/mol. The summed E-state index contributed by atoms with van der Waals surface area (Å²) < 4.78 is 7.42. The lowest BCUT2D eigenvalue weighted by Gasteiger charge is -2.07. The molecule has 27 heavy (non-hydrogen) atoms. The van der Waals surface area contributed by atoms with Gasteiger partial charge >= 0.3 is 0 Å². The van der Waals surface area contributed by atoms with Crippen LogP contribution in [-0.2, 0) is 13.1 Å². The summed E-state index contributed by atoms with van der Waals surface area (Å²) in [6.45, 7) is 4.99. The van der Waals surface area contributed by atoms with Gasteiger partial charge in [-0.05, 0) is 43.7 Å². The van der Waals surface area contributed by atoms with Crippen molar-refractivity contribution in [2.75, 3.05) is 0 Å². The molecular formula is C22H21N3O2. The number of amides is 1. The number of nitrogens with zero attached hydrogens (tertiary/aromatic N) is 2. The molecule has 4 rings (SSSR count). The van der Waals surface area contributed by atoms with Gasteiger partial charge in [-0.3, -0.25) is 9.48 Å². The third-order valence-corrected chi connectivity index (χ3v) is 4.58. The third kappa shape index (κ3) is 3.77. The Balaban J connectivity index is 1.53. The maximum absolute atomic E-state index is 12.5. The van der Waals surface area contributed by atoms with Gasteiger partial charge in [0.1, 0.15) is 11.5 Å². The molecule has 0 aliphatic rings. The largest absolute Gasteiger partial charge is 0.465 e. The first-order valence-electron chi connectivity index (χ1n) is 8.93. The van der Waals surface area contributed by atoms with E-state index >= 15 is 0 Å². The zero-order valence-electron chi connectivity index (χ0n) is 15.4. The summed E-state index contributed by atoms with van der Waals surface area (Å²) in [5.41, 5.74) is 3.96. The topological polar surface area (TPSA) is 60.1 Å². The van der Waals surface area contributed by atoms with Crippen molar-refractivity contribution in [2.45, 2.75) is 26.9 Å². The van der Waals surface area contributed by atoms with Gasteiger partial charge in [-0.2, -0.15) is 5.10 Å². The molecule has 0 aliphatic carbocycles. The summed E-state index contributed by atoms with van der Waals surface area (Å²) in [6, 6.07) is 17.8. The first-order valence-corrected chi connectivity index (χ1v) is 8.93. The van der Waals surface area contributed by atoms with Gasteiger partial charge in [0.15, 0.2) is 0 Å². The van der Waals surface area contributed by atoms with Gasteiger partial charge in [-0.15, -0.1) is 0 Å². The highest BCUT2D eigenvalue weighted by Gasteiger charge is 2.10. The molecule has 0 unspecified atom stereocenters. The number of benzene rings is 2. The van der Waals surface area contributed by atoms with Crippen LogP contribution in [0.25, 0.3) is 10.9 Å². The molecule has 1 amide bonds. The number of hydrogen-bond donors (Lipinski definition) is 1. The highest BCUT2D eigenvalue weighted by atomic mass is 16.3. The number of rotatable bonds is 5. The van der Waals surface area contributed by atoms with Gasteiger partial charge in [-0.1, -0.05) is 35.9 Å². The van der Waals surface area contributed by atoms with Crippen LogP contribution in [-0.4, -0.2) is 15.7 Å². The summed E-state index contributed by atoms with van der Waals surface area (Å²) in [6.07, 6.45) is 1.83. The molecule has 0 fully saturated rings. The van der Waals surface area contributed by atoms with E-state index in [-0.39, 0.29) is 5.91 Å². The van der Waals surface area contributed by atoms with Gasteiger partial charge in [0.25, 0.3) is 5.91 Å². The maximum atomic E-state index is 12.5. The maximum Gasteiger partial charge on any atom is 0.251 e. The smallest absolute Gasteiger partial charge is 0.251 e.